The molecule has 0 spiro atoms. The van der Waals surface area contributed by atoms with Crippen molar-refractivity contribution in [3.8, 4) is 5.75 Å². The zero-order valence-corrected chi connectivity index (χ0v) is 13.2. The molecule has 1 amide bonds. The molecule has 0 radical (unpaired) electrons. The standard InChI is InChI=1S/C14H14F3N3O3S/c15-14(16,17)23-8-1-2-9-10(7-8)24-12(19-9)20-11(21)13(18)3-5-22-6-4-13/h1-2,7H,3-6,18H2,(H,19,20,21). The number of halogens is 3. The molecule has 2 aromatic rings. The number of nitrogens with two attached hydrogens (primary N) is 1. The van der Waals surface area contributed by atoms with E-state index in [9.17, 15) is 18.0 Å². The maximum absolute atomic E-state index is 12.3. The van der Waals surface area contributed by atoms with E-state index in [1.54, 1.807) is 0 Å². The van der Waals surface area contributed by atoms with E-state index < -0.39 is 11.9 Å². The number of thiazole rings is 1. The van der Waals surface area contributed by atoms with Gasteiger partial charge in [-0.2, -0.15) is 0 Å². The van der Waals surface area contributed by atoms with Crippen molar-refractivity contribution in [2.75, 3.05) is 18.5 Å². The highest BCUT2D eigenvalue weighted by Gasteiger charge is 2.36. The Morgan fingerprint density at radius 2 is 2.08 bits per heavy atom. The Bertz CT molecular complexity index is 757. The first-order valence-corrected chi connectivity index (χ1v) is 7.91. The number of benzene rings is 1. The summed E-state index contributed by atoms with van der Waals surface area (Å²) in [5, 5.41) is 2.91. The average molecular weight is 361 g/mol. The van der Waals surface area contributed by atoms with Gasteiger partial charge in [0.2, 0.25) is 5.91 Å². The van der Waals surface area contributed by atoms with Crippen LogP contribution in [0.25, 0.3) is 10.2 Å². The van der Waals surface area contributed by atoms with E-state index >= 15 is 0 Å². The maximum atomic E-state index is 12.3. The first-order valence-electron chi connectivity index (χ1n) is 7.10. The van der Waals surface area contributed by atoms with E-state index in [0.29, 0.717) is 36.3 Å². The smallest absolute Gasteiger partial charge is 0.406 e. The molecule has 1 saturated heterocycles. The molecular weight excluding hydrogens is 347 g/mol. The number of carbonyl (C=O) groups is 1. The van der Waals surface area contributed by atoms with Crippen LogP contribution in [0.5, 0.6) is 5.75 Å². The Morgan fingerprint density at radius 3 is 2.75 bits per heavy atom. The zero-order chi connectivity index (χ0) is 17.4. The number of nitrogens with one attached hydrogen (secondary N) is 1. The summed E-state index contributed by atoms with van der Waals surface area (Å²) in [7, 11) is 0. The van der Waals surface area contributed by atoms with Gasteiger partial charge in [0, 0.05) is 19.3 Å². The van der Waals surface area contributed by atoms with Crippen molar-refractivity contribution in [2.45, 2.75) is 24.7 Å². The third-order valence-electron chi connectivity index (χ3n) is 3.65. The Balaban J connectivity index is 1.77. The highest BCUT2D eigenvalue weighted by atomic mass is 32.1. The second kappa shape index (κ2) is 6.19. The summed E-state index contributed by atoms with van der Waals surface area (Å²) >= 11 is 1.05. The molecule has 2 heterocycles. The Hall–Kier alpha value is -1.91. The van der Waals surface area contributed by atoms with Gasteiger partial charge in [-0.1, -0.05) is 11.3 Å². The lowest BCUT2D eigenvalue weighted by molar-refractivity contribution is -0.274. The lowest BCUT2D eigenvalue weighted by Gasteiger charge is -2.31. The van der Waals surface area contributed by atoms with E-state index in [0.717, 1.165) is 11.3 Å². The summed E-state index contributed by atoms with van der Waals surface area (Å²) in [4.78, 5) is 16.5. The van der Waals surface area contributed by atoms with Crippen molar-refractivity contribution >= 4 is 32.6 Å². The van der Waals surface area contributed by atoms with Gasteiger partial charge in [0.25, 0.3) is 0 Å². The molecule has 3 rings (SSSR count). The number of fused-ring (bicyclic) bond motifs is 1. The van der Waals surface area contributed by atoms with Crippen LogP contribution in [0.1, 0.15) is 12.8 Å². The lowest BCUT2D eigenvalue weighted by atomic mass is 9.90. The number of nitrogens with zero attached hydrogens (tertiary/aromatic N) is 1. The second-order valence-electron chi connectivity index (χ2n) is 5.42. The van der Waals surface area contributed by atoms with Crippen LogP contribution in [-0.4, -0.2) is 36.0 Å². The van der Waals surface area contributed by atoms with Crippen LogP contribution in [-0.2, 0) is 9.53 Å². The van der Waals surface area contributed by atoms with Gasteiger partial charge in [-0.3, -0.25) is 4.79 Å². The largest absolute Gasteiger partial charge is 0.573 e. The molecule has 130 valence electrons. The number of ether oxygens (including phenoxy) is 2. The van der Waals surface area contributed by atoms with E-state index in [1.165, 1.54) is 18.2 Å². The molecule has 24 heavy (non-hydrogen) atoms. The second-order valence-corrected chi connectivity index (χ2v) is 6.45. The number of hydrogen-bond donors (Lipinski definition) is 2. The van der Waals surface area contributed by atoms with Crippen molar-refractivity contribution in [2.24, 2.45) is 5.73 Å². The van der Waals surface area contributed by atoms with Gasteiger partial charge >= 0.3 is 6.36 Å². The quantitative estimate of drug-likeness (QED) is 0.878. The fraction of sp³-hybridized carbons (Fsp3) is 0.429. The van der Waals surface area contributed by atoms with Crippen molar-refractivity contribution < 1.29 is 27.4 Å². The Labute approximate surface area is 138 Å². The monoisotopic (exact) mass is 361 g/mol. The van der Waals surface area contributed by atoms with Crippen molar-refractivity contribution in [3.63, 3.8) is 0 Å². The lowest BCUT2D eigenvalue weighted by Crippen LogP contribution is -2.54. The Morgan fingerprint density at radius 1 is 1.38 bits per heavy atom. The zero-order valence-electron chi connectivity index (χ0n) is 12.4. The first-order chi connectivity index (χ1) is 11.3. The summed E-state index contributed by atoms with van der Waals surface area (Å²) in [6, 6.07) is 3.79. The van der Waals surface area contributed by atoms with Gasteiger partial charge in [-0.25, -0.2) is 4.98 Å². The summed E-state index contributed by atoms with van der Waals surface area (Å²) in [6.45, 7) is 0.809. The predicted molar refractivity (Wildman–Crippen MR) is 81.9 cm³/mol. The number of carbonyl (C=O) groups excluding carboxylic acids is 1. The molecule has 0 saturated carbocycles. The first kappa shape index (κ1) is 16.9. The van der Waals surface area contributed by atoms with Crippen molar-refractivity contribution in [1.82, 2.24) is 4.98 Å². The number of rotatable bonds is 3. The molecule has 1 fully saturated rings. The molecule has 0 bridgehead atoms. The molecule has 3 N–H and O–H groups in total. The van der Waals surface area contributed by atoms with Gasteiger partial charge in [0.05, 0.1) is 10.2 Å². The number of anilines is 1. The highest BCUT2D eigenvalue weighted by molar-refractivity contribution is 7.22. The van der Waals surface area contributed by atoms with Crippen LogP contribution < -0.4 is 15.8 Å². The molecule has 0 atom stereocenters. The molecule has 0 unspecified atom stereocenters. The van der Waals surface area contributed by atoms with Crippen molar-refractivity contribution in [3.05, 3.63) is 18.2 Å². The van der Waals surface area contributed by atoms with E-state index in [1.807, 2.05) is 0 Å². The summed E-state index contributed by atoms with van der Waals surface area (Å²) in [6.07, 6.45) is -3.97. The van der Waals surface area contributed by atoms with Gasteiger partial charge in [0.1, 0.15) is 11.3 Å². The number of hydrogen-bond acceptors (Lipinski definition) is 6. The molecule has 6 nitrogen and oxygen atoms in total. The highest BCUT2D eigenvalue weighted by Crippen LogP contribution is 2.32. The fourth-order valence-electron chi connectivity index (χ4n) is 2.34. The molecule has 1 aliphatic rings. The van der Waals surface area contributed by atoms with Crippen molar-refractivity contribution in [1.29, 1.82) is 0 Å². The van der Waals surface area contributed by atoms with Crippen LogP contribution in [0.15, 0.2) is 18.2 Å². The minimum Gasteiger partial charge on any atom is -0.406 e. The van der Waals surface area contributed by atoms with Crippen LogP contribution in [0.3, 0.4) is 0 Å². The predicted octanol–water partition coefficient (Wildman–Crippen LogP) is 2.64. The minimum absolute atomic E-state index is 0.274. The number of alkyl halides is 3. The van der Waals surface area contributed by atoms with Gasteiger partial charge < -0.3 is 20.5 Å². The van der Waals surface area contributed by atoms with Crippen LogP contribution in [0.2, 0.25) is 0 Å². The maximum Gasteiger partial charge on any atom is 0.573 e. The molecule has 0 aliphatic carbocycles. The van der Waals surface area contributed by atoms with Crippen LogP contribution >= 0.6 is 11.3 Å². The fourth-order valence-corrected chi connectivity index (χ4v) is 3.23. The number of aromatic nitrogens is 1. The third-order valence-corrected chi connectivity index (χ3v) is 4.58. The number of amides is 1. The summed E-state index contributed by atoms with van der Waals surface area (Å²) < 4.78 is 46.3. The summed E-state index contributed by atoms with van der Waals surface area (Å²) in [5.74, 6) is -0.715. The Kier molecular flexibility index (Phi) is 4.37. The van der Waals surface area contributed by atoms with E-state index in [-0.39, 0.29) is 16.8 Å². The topological polar surface area (TPSA) is 86.5 Å². The average Bonchev–Trinajstić information content (AvgIpc) is 2.87. The SMILES string of the molecule is NC1(C(=O)Nc2nc3ccc(OC(F)(F)F)cc3s2)CCOCC1. The minimum atomic E-state index is -4.76. The van der Waals surface area contributed by atoms with E-state index in [4.69, 9.17) is 10.5 Å². The van der Waals surface area contributed by atoms with Crippen LogP contribution in [0.4, 0.5) is 18.3 Å². The molecule has 1 aromatic heterocycles. The van der Waals surface area contributed by atoms with Gasteiger partial charge in [0.15, 0.2) is 5.13 Å². The summed E-state index contributed by atoms with van der Waals surface area (Å²) in [5.41, 5.74) is 5.51. The normalized spacial score (nSPS) is 17.7. The molecular formula is C14H14F3N3O3S. The molecule has 1 aromatic carbocycles. The molecule has 10 heteroatoms. The van der Waals surface area contributed by atoms with Gasteiger partial charge in [-0.15, -0.1) is 13.2 Å². The third kappa shape index (κ3) is 3.77. The van der Waals surface area contributed by atoms with Crippen LogP contribution in [0, 0.1) is 0 Å². The molecule has 1 aliphatic heterocycles. The van der Waals surface area contributed by atoms with E-state index in [2.05, 4.69) is 15.0 Å². The van der Waals surface area contributed by atoms with Gasteiger partial charge in [-0.05, 0) is 25.0 Å².